The number of hydrogen-bond donors (Lipinski definition) is 2. The average molecular weight is 575 g/mol. The highest BCUT2D eigenvalue weighted by Crippen LogP contribution is 2.60. The Bertz CT molecular complexity index is 1380. The number of unbranched alkanes of at least 4 members (excludes halogenated alkanes) is 4. The lowest BCUT2D eigenvalue weighted by Crippen LogP contribution is -2.46. The van der Waals surface area contributed by atoms with Gasteiger partial charge in [0.25, 0.3) is 5.56 Å². The summed E-state index contributed by atoms with van der Waals surface area (Å²) in [5, 5.41) is 5.85. The molecule has 3 unspecified atom stereocenters. The fraction of sp³-hybridized carbons (Fsp3) is 0.667. The Hall–Kier alpha value is -2.95. The summed E-state index contributed by atoms with van der Waals surface area (Å²) in [6.07, 6.45) is 6.66. The largest absolute Gasteiger partial charge is 0.493 e. The van der Waals surface area contributed by atoms with Crippen LogP contribution in [0, 0.1) is 17.8 Å². The van der Waals surface area contributed by atoms with Gasteiger partial charge in [-0.1, -0.05) is 25.3 Å². The predicted octanol–water partition coefficient (Wildman–Crippen LogP) is 4.89. The fourth-order valence-corrected chi connectivity index (χ4v) is 8.11. The van der Waals surface area contributed by atoms with Gasteiger partial charge >= 0.3 is 6.18 Å². The van der Waals surface area contributed by atoms with Gasteiger partial charge in [0.2, 0.25) is 17.6 Å². The van der Waals surface area contributed by atoms with Crippen LogP contribution in [0.2, 0.25) is 0 Å². The lowest BCUT2D eigenvalue weighted by atomic mass is 9.80. The van der Waals surface area contributed by atoms with Crippen LogP contribution in [0.3, 0.4) is 0 Å². The van der Waals surface area contributed by atoms with Crippen molar-refractivity contribution in [3.05, 3.63) is 34.4 Å². The quantitative estimate of drug-likeness (QED) is 0.293. The van der Waals surface area contributed by atoms with E-state index in [0.717, 1.165) is 56.4 Å². The summed E-state index contributed by atoms with van der Waals surface area (Å²) in [6, 6.07) is 2.86. The number of aromatic nitrogens is 2. The molecule has 4 saturated carbocycles. The van der Waals surface area contributed by atoms with Gasteiger partial charge in [0.1, 0.15) is 17.2 Å². The van der Waals surface area contributed by atoms with Crippen LogP contribution in [-0.4, -0.2) is 40.1 Å². The number of carbonyl (C=O) groups excluding carboxylic acids is 2. The van der Waals surface area contributed by atoms with Crippen molar-refractivity contribution < 1.29 is 27.5 Å². The molecule has 0 radical (unpaired) electrons. The van der Waals surface area contributed by atoms with Crippen molar-refractivity contribution in [1.82, 2.24) is 20.2 Å². The molecule has 2 amide bonds. The number of amides is 2. The molecule has 1 aromatic heterocycles. The van der Waals surface area contributed by atoms with Crippen molar-refractivity contribution in [3.8, 4) is 5.75 Å². The smallest absolute Gasteiger partial charge is 0.449 e. The molecule has 11 heteroatoms. The van der Waals surface area contributed by atoms with Crippen molar-refractivity contribution in [2.75, 3.05) is 13.2 Å². The molecule has 7 rings (SSSR count). The van der Waals surface area contributed by atoms with Crippen LogP contribution in [0.5, 0.6) is 5.75 Å². The second-order valence-corrected chi connectivity index (χ2v) is 12.5. The van der Waals surface area contributed by atoms with E-state index in [1.807, 2.05) is 5.32 Å². The molecule has 5 fully saturated rings. The zero-order chi connectivity index (χ0) is 28.8. The number of imide groups is 1. The number of piperidine rings is 1. The Labute approximate surface area is 236 Å². The Morgan fingerprint density at radius 3 is 2.49 bits per heavy atom. The first-order valence-corrected chi connectivity index (χ1v) is 15.0. The number of nitrogens with zero attached hydrogens (tertiary/aromatic N) is 2. The maximum Gasteiger partial charge on any atom is 0.449 e. The Kier molecular flexibility index (Phi) is 7.59. The van der Waals surface area contributed by atoms with Gasteiger partial charge in [0.05, 0.1) is 12.1 Å². The van der Waals surface area contributed by atoms with E-state index in [1.165, 1.54) is 50.3 Å². The van der Waals surface area contributed by atoms with Crippen LogP contribution >= 0.6 is 0 Å². The summed E-state index contributed by atoms with van der Waals surface area (Å²) in [4.78, 5) is 41.1. The minimum atomic E-state index is -4.97. The first-order chi connectivity index (χ1) is 19.6. The van der Waals surface area contributed by atoms with Crippen LogP contribution in [-0.2, 0) is 15.8 Å². The van der Waals surface area contributed by atoms with Gasteiger partial charge in [-0.2, -0.15) is 13.2 Å². The molecule has 2 aromatic rings. The van der Waals surface area contributed by atoms with E-state index in [1.54, 1.807) is 0 Å². The van der Waals surface area contributed by atoms with Gasteiger partial charge in [0, 0.05) is 12.0 Å². The average Bonchev–Trinajstić information content (AvgIpc) is 3.30. The fourth-order valence-electron chi connectivity index (χ4n) is 8.11. The highest BCUT2D eigenvalue weighted by Gasteiger charge is 2.57. The summed E-state index contributed by atoms with van der Waals surface area (Å²) < 4.78 is 48.0. The molecule has 3 atom stereocenters. The van der Waals surface area contributed by atoms with E-state index in [-0.39, 0.29) is 29.5 Å². The first kappa shape index (κ1) is 28.2. The Morgan fingerprint density at radius 1 is 1.02 bits per heavy atom. The lowest BCUT2D eigenvalue weighted by Gasteiger charge is -2.34. The van der Waals surface area contributed by atoms with Crippen LogP contribution in [0.15, 0.2) is 23.0 Å². The summed E-state index contributed by atoms with van der Waals surface area (Å²) in [7, 11) is 0. The van der Waals surface area contributed by atoms with E-state index in [4.69, 9.17) is 4.74 Å². The Balaban J connectivity index is 1.04. The van der Waals surface area contributed by atoms with E-state index in [9.17, 15) is 27.6 Å². The minimum Gasteiger partial charge on any atom is -0.493 e. The standard InChI is InChI=1S/C30H37F3N4O4/c31-30(32,33)28-35-21-7-6-8-23(25(21)27(40)37(28)22-9-10-24(38)36-26(22)39)41-12-5-3-1-2-4-11-34-29-16-18-13-19(17-29)15-20(29)14-18/h6-8,18-20,22,34H,1-5,9-17H2,(H,36,38,39). The van der Waals surface area contributed by atoms with Crippen molar-refractivity contribution in [2.24, 2.45) is 17.8 Å². The van der Waals surface area contributed by atoms with E-state index < -0.39 is 35.4 Å². The highest BCUT2D eigenvalue weighted by molar-refractivity contribution is 5.99. The molecule has 8 nitrogen and oxygen atoms in total. The third-order valence-corrected chi connectivity index (χ3v) is 9.71. The number of halogens is 3. The number of rotatable bonds is 11. The van der Waals surface area contributed by atoms with Crippen LogP contribution in [0.25, 0.3) is 10.9 Å². The zero-order valence-electron chi connectivity index (χ0n) is 23.1. The van der Waals surface area contributed by atoms with Crippen LogP contribution in [0.4, 0.5) is 13.2 Å². The van der Waals surface area contributed by atoms with Gasteiger partial charge in [-0.05, 0) is 87.8 Å². The summed E-state index contributed by atoms with van der Waals surface area (Å²) in [5.74, 6) is -0.0851. The summed E-state index contributed by atoms with van der Waals surface area (Å²) in [6.45, 7) is 1.37. The number of carbonyl (C=O) groups is 2. The van der Waals surface area contributed by atoms with E-state index in [2.05, 4.69) is 10.3 Å². The number of nitrogens with one attached hydrogen (secondary N) is 2. The molecule has 41 heavy (non-hydrogen) atoms. The molecule has 2 N–H and O–H groups in total. The van der Waals surface area contributed by atoms with E-state index >= 15 is 0 Å². The molecular formula is C30H37F3N4O4. The number of ether oxygens (including phenoxy) is 1. The topological polar surface area (TPSA) is 102 Å². The van der Waals surface area contributed by atoms with Gasteiger partial charge in [-0.25, -0.2) is 4.98 Å². The first-order valence-electron chi connectivity index (χ1n) is 15.0. The lowest BCUT2D eigenvalue weighted by molar-refractivity contribution is -0.150. The molecule has 0 spiro atoms. The minimum absolute atomic E-state index is 0.106. The van der Waals surface area contributed by atoms with Crippen LogP contribution in [0.1, 0.15) is 88.9 Å². The molecule has 4 aliphatic carbocycles. The highest BCUT2D eigenvalue weighted by atomic mass is 19.4. The van der Waals surface area contributed by atoms with Gasteiger partial charge in [0.15, 0.2) is 0 Å². The van der Waals surface area contributed by atoms with Crippen molar-refractivity contribution in [2.45, 2.75) is 94.8 Å². The third-order valence-electron chi connectivity index (χ3n) is 9.71. The molecule has 222 valence electrons. The molecule has 1 saturated heterocycles. The second kappa shape index (κ2) is 11.0. The predicted molar refractivity (Wildman–Crippen MR) is 145 cm³/mol. The normalized spacial score (nSPS) is 29.0. The molecule has 2 heterocycles. The maximum absolute atomic E-state index is 13.9. The zero-order valence-corrected chi connectivity index (χ0v) is 23.1. The Morgan fingerprint density at radius 2 is 1.76 bits per heavy atom. The third kappa shape index (κ3) is 5.49. The number of benzene rings is 1. The number of alkyl halides is 3. The van der Waals surface area contributed by atoms with Crippen molar-refractivity contribution >= 4 is 22.7 Å². The summed E-state index contributed by atoms with van der Waals surface area (Å²) in [5.41, 5.74) is -0.741. The number of hydrogen-bond acceptors (Lipinski definition) is 6. The monoisotopic (exact) mass is 574 g/mol. The van der Waals surface area contributed by atoms with Crippen molar-refractivity contribution in [3.63, 3.8) is 0 Å². The molecule has 1 aliphatic heterocycles. The SMILES string of the molecule is O=C1CCC(n2c(C(F)(F)F)nc3cccc(OCCCCCCCNC45CC6CC(CC4C6)C5)c3c2=O)C(=O)N1. The second-order valence-electron chi connectivity index (χ2n) is 12.5. The molecule has 5 aliphatic rings. The van der Waals surface area contributed by atoms with E-state index in [0.29, 0.717) is 16.7 Å². The van der Waals surface area contributed by atoms with Gasteiger partial charge in [-0.3, -0.25) is 24.3 Å². The maximum atomic E-state index is 13.9. The van der Waals surface area contributed by atoms with Gasteiger partial charge in [-0.15, -0.1) is 0 Å². The molecule has 1 aromatic carbocycles. The summed E-state index contributed by atoms with van der Waals surface area (Å²) >= 11 is 0. The van der Waals surface area contributed by atoms with Crippen molar-refractivity contribution in [1.29, 1.82) is 0 Å². The van der Waals surface area contributed by atoms with Crippen LogP contribution < -0.4 is 20.9 Å². The molecule has 4 bridgehead atoms. The number of fused-ring (bicyclic) bond motifs is 1. The molecular weight excluding hydrogens is 537 g/mol. The van der Waals surface area contributed by atoms with Gasteiger partial charge < -0.3 is 10.1 Å².